The Morgan fingerprint density at radius 2 is 1.86 bits per heavy atom. The van der Waals surface area contributed by atoms with E-state index in [0.29, 0.717) is 28.4 Å². The first-order valence-electron chi connectivity index (χ1n) is 11.3. The minimum atomic E-state index is -0.721. The number of pyridine rings is 1. The lowest BCUT2D eigenvalue weighted by Crippen LogP contribution is -2.32. The van der Waals surface area contributed by atoms with Gasteiger partial charge in [-0.3, -0.25) is 14.0 Å². The number of fused-ring (bicyclic) bond motifs is 1. The molecule has 2 aromatic heterocycles. The van der Waals surface area contributed by atoms with Gasteiger partial charge in [0.05, 0.1) is 6.04 Å². The molecular weight excluding hydrogens is 463 g/mol. The van der Waals surface area contributed by atoms with E-state index in [1.807, 2.05) is 32.0 Å². The van der Waals surface area contributed by atoms with Gasteiger partial charge in [-0.2, -0.15) is 0 Å². The van der Waals surface area contributed by atoms with Crippen molar-refractivity contribution in [2.24, 2.45) is 11.5 Å². The second kappa shape index (κ2) is 10.0. The number of rotatable bonds is 8. The van der Waals surface area contributed by atoms with E-state index in [1.165, 1.54) is 12.3 Å². The van der Waals surface area contributed by atoms with Crippen LogP contribution in [0.3, 0.4) is 0 Å². The quantitative estimate of drug-likeness (QED) is 0.298. The summed E-state index contributed by atoms with van der Waals surface area (Å²) in [6.45, 7) is 5.11. The van der Waals surface area contributed by atoms with Crippen molar-refractivity contribution < 1.29 is 18.7 Å². The molecular formula is C26H27FN6O3. The summed E-state index contributed by atoms with van der Waals surface area (Å²) in [5.41, 5.74) is 15.7. The Morgan fingerprint density at radius 1 is 1.14 bits per heavy atom. The Hall–Kier alpha value is -4.44. The van der Waals surface area contributed by atoms with Crippen molar-refractivity contribution in [3.05, 3.63) is 71.7 Å². The van der Waals surface area contributed by atoms with Crippen LogP contribution in [0.1, 0.15) is 18.1 Å². The van der Waals surface area contributed by atoms with E-state index in [9.17, 15) is 14.0 Å². The number of para-hydroxylation sites is 1. The zero-order chi connectivity index (χ0) is 26.0. The number of halogens is 1. The van der Waals surface area contributed by atoms with Gasteiger partial charge in [-0.15, -0.1) is 0 Å². The summed E-state index contributed by atoms with van der Waals surface area (Å²) < 4.78 is 21.6. The Labute approximate surface area is 207 Å². The zero-order valence-electron chi connectivity index (χ0n) is 20.1. The maximum Gasteiger partial charge on any atom is 0.255 e. The first kappa shape index (κ1) is 24.7. The molecule has 0 saturated carbocycles. The molecule has 0 bridgehead atoms. The van der Waals surface area contributed by atoms with Crippen molar-refractivity contribution in [3.63, 3.8) is 0 Å². The maximum atomic E-state index is 14.3. The van der Waals surface area contributed by atoms with E-state index in [0.717, 1.165) is 16.8 Å². The van der Waals surface area contributed by atoms with E-state index in [2.05, 4.69) is 10.6 Å². The normalized spacial score (nSPS) is 11.8. The van der Waals surface area contributed by atoms with Crippen LogP contribution >= 0.6 is 0 Å². The molecule has 4 rings (SSSR count). The number of carbonyl (C=O) groups excluding carboxylic acids is 2. The molecule has 0 aliphatic heterocycles. The second-order valence-corrected chi connectivity index (χ2v) is 8.52. The molecule has 2 amide bonds. The number of nitrogens with two attached hydrogens (primary N) is 2. The predicted octanol–water partition coefficient (Wildman–Crippen LogP) is 3.65. The smallest absolute Gasteiger partial charge is 0.255 e. The Morgan fingerprint density at radius 3 is 2.53 bits per heavy atom. The molecule has 9 nitrogen and oxygen atoms in total. The number of aromatic nitrogens is 2. The summed E-state index contributed by atoms with van der Waals surface area (Å²) >= 11 is 0. The molecule has 6 N–H and O–H groups in total. The van der Waals surface area contributed by atoms with Gasteiger partial charge in [0.15, 0.2) is 6.61 Å². The summed E-state index contributed by atoms with van der Waals surface area (Å²) in [5.74, 6) is -0.737. The highest BCUT2D eigenvalue weighted by atomic mass is 19.1. The Bertz CT molecular complexity index is 1440. The van der Waals surface area contributed by atoms with Crippen LogP contribution in [-0.2, 0) is 9.59 Å². The molecule has 0 radical (unpaired) electrons. The van der Waals surface area contributed by atoms with Crippen molar-refractivity contribution in [2.75, 3.05) is 17.2 Å². The van der Waals surface area contributed by atoms with Crippen LogP contribution < -0.4 is 26.8 Å². The molecule has 2 heterocycles. The molecule has 0 saturated heterocycles. The first-order chi connectivity index (χ1) is 17.1. The standard InChI is InChI=1S/C26H27FN6O3/c1-14-5-4-6-15(2)23(14)32-25-24(31-22-10-7-17(27)12-33(22)25)19-9-8-18(30-26(35)16(3)28)11-20(19)36-13-21(29)34/h4-12,16,32H,13,28H2,1-3H3,(H2,29,34)(H,30,35). The molecule has 10 heteroatoms. The monoisotopic (exact) mass is 490 g/mol. The number of nitrogens with zero attached hydrogens (tertiary/aromatic N) is 2. The fraction of sp³-hybridized carbons (Fsp3) is 0.192. The summed E-state index contributed by atoms with van der Waals surface area (Å²) in [6, 6.07) is 13.0. The third-order valence-corrected chi connectivity index (χ3v) is 5.59. The number of hydrogen-bond acceptors (Lipinski definition) is 6. The minimum absolute atomic E-state index is 0.254. The van der Waals surface area contributed by atoms with Gasteiger partial charge in [-0.05, 0) is 56.2 Å². The number of aryl methyl sites for hydroxylation is 2. The molecule has 1 atom stereocenters. The van der Waals surface area contributed by atoms with E-state index in [1.54, 1.807) is 35.6 Å². The molecule has 0 spiro atoms. The van der Waals surface area contributed by atoms with E-state index >= 15 is 0 Å². The summed E-state index contributed by atoms with van der Waals surface area (Å²) in [4.78, 5) is 28.3. The predicted molar refractivity (Wildman–Crippen MR) is 137 cm³/mol. The van der Waals surface area contributed by atoms with Gasteiger partial charge in [-0.25, -0.2) is 9.37 Å². The number of anilines is 3. The molecule has 0 fully saturated rings. The first-order valence-corrected chi connectivity index (χ1v) is 11.3. The van der Waals surface area contributed by atoms with E-state index < -0.39 is 17.8 Å². The van der Waals surface area contributed by atoms with Crippen molar-refractivity contribution in [3.8, 4) is 17.0 Å². The van der Waals surface area contributed by atoms with E-state index in [-0.39, 0.29) is 18.3 Å². The zero-order valence-corrected chi connectivity index (χ0v) is 20.1. The highest BCUT2D eigenvalue weighted by Gasteiger charge is 2.21. The van der Waals surface area contributed by atoms with Crippen LogP contribution in [-0.4, -0.2) is 33.8 Å². The average Bonchev–Trinajstić information content (AvgIpc) is 3.17. The molecule has 4 aromatic rings. The number of nitrogens with one attached hydrogen (secondary N) is 2. The fourth-order valence-corrected chi connectivity index (χ4v) is 3.78. The van der Waals surface area contributed by atoms with Gasteiger partial charge >= 0.3 is 0 Å². The molecule has 0 aliphatic rings. The van der Waals surface area contributed by atoms with Crippen LogP contribution in [0.25, 0.3) is 16.9 Å². The van der Waals surface area contributed by atoms with Crippen molar-refractivity contribution in [1.82, 2.24) is 9.38 Å². The maximum absolute atomic E-state index is 14.3. The average molecular weight is 491 g/mol. The van der Waals surface area contributed by atoms with Crippen molar-refractivity contribution >= 4 is 34.7 Å². The van der Waals surface area contributed by atoms with Gasteiger partial charge < -0.3 is 26.8 Å². The topological polar surface area (TPSA) is 137 Å². The van der Waals surface area contributed by atoms with Crippen LogP contribution in [0.4, 0.5) is 21.6 Å². The van der Waals surface area contributed by atoms with Crippen molar-refractivity contribution in [1.29, 1.82) is 0 Å². The molecule has 2 aromatic carbocycles. The largest absolute Gasteiger partial charge is 0.483 e. The number of carbonyl (C=O) groups is 2. The lowest BCUT2D eigenvalue weighted by molar-refractivity contribution is -0.120. The number of imidazole rings is 1. The number of primary amides is 1. The minimum Gasteiger partial charge on any atom is -0.483 e. The van der Waals surface area contributed by atoms with Gasteiger partial charge in [0.1, 0.15) is 28.7 Å². The Balaban J connectivity index is 1.89. The number of amides is 2. The third kappa shape index (κ3) is 5.13. The Kier molecular flexibility index (Phi) is 6.89. The van der Waals surface area contributed by atoms with Gasteiger partial charge in [-0.1, -0.05) is 18.2 Å². The number of hydrogen-bond donors (Lipinski definition) is 4. The lowest BCUT2D eigenvalue weighted by atomic mass is 10.1. The summed E-state index contributed by atoms with van der Waals surface area (Å²) in [6.07, 6.45) is 1.34. The fourth-order valence-electron chi connectivity index (χ4n) is 3.78. The lowest BCUT2D eigenvalue weighted by Gasteiger charge is -2.16. The van der Waals surface area contributed by atoms with Gasteiger partial charge in [0, 0.05) is 29.2 Å². The summed E-state index contributed by atoms with van der Waals surface area (Å²) in [5, 5.41) is 6.11. The van der Waals surface area contributed by atoms with Gasteiger partial charge in [0.2, 0.25) is 5.91 Å². The highest BCUT2D eigenvalue weighted by molar-refractivity contribution is 5.95. The van der Waals surface area contributed by atoms with E-state index in [4.69, 9.17) is 21.2 Å². The van der Waals surface area contributed by atoms with Gasteiger partial charge in [0.25, 0.3) is 5.91 Å². The van der Waals surface area contributed by atoms with Crippen LogP contribution in [0.2, 0.25) is 0 Å². The highest BCUT2D eigenvalue weighted by Crippen LogP contribution is 2.39. The SMILES string of the molecule is Cc1cccc(C)c1Nc1c(-c2ccc(NC(=O)C(C)N)cc2OCC(N)=O)nc2ccc(F)cn12. The van der Waals surface area contributed by atoms with Crippen LogP contribution in [0.15, 0.2) is 54.7 Å². The summed E-state index contributed by atoms with van der Waals surface area (Å²) in [7, 11) is 0. The molecule has 0 aliphatic carbocycles. The number of ether oxygens (including phenoxy) is 1. The van der Waals surface area contributed by atoms with Crippen LogP contribution in [0, 0.1) is 19.7 Å². The molecule has 1 unspecified atom stereocenters. The van der Waals surface area contributed by atoms with Crippen molar-refractivity contribution in [2.45, 2.75) is 26.8 Å². The molecule has 186 valence electrons. The second-order valence-electron chi connectivity index (χ2n) is 8.52. The number of benzene rings is 2. The molecule has 36 heavy (non-hydrogen) atoms. The third-order valence-electron chi connectivity index (χ3n) is 5.59. The van der Waals surface area contributed by atoms with Crippen LogP contribution in [0.5, 0.6) is 5.75 Å².